The molecule has 26 heavy (non-hydrogen) atoms. The van der Waals surface area contributed by atoms with Crippen molar-refractivity contribution in [1.29, 1.82) is 0 Å². The Morgan fingerprint density at radius 3 is 2.46 bits per heavy atom. The SMILES string of the molecule is O=C(NC1CC12CCC(c1ccc(F)cc1)CC2)OCc1ccccc1. The second-order valence-electron chi connectivity index (χ2n) is 7.65. The molecule has 1 atom stereocenters. The molecule has 2 aliphatic carbocycles. The Morgan fingerprint density at radius 2 is 1.77 bits per heavy atom. The summed E-state index contributed by atoms with van der Waals surface area (Å²) in [5.41, 5.74) is 2.48. The third-order valence-corrected chi connectivity index (χ3v) is 6.02. The Labute approximate surface area is 153 Å². The molecule has 0 radical (unpaired) electrons. The molecule has 1 amide bonds. The van der Waals surface area contributed by atoms with E-state index in [1.54, 1.807) is 12.1 Å². The van der Waals surface area contributed by atoms with Crippen molar-refractivity contribution < 1.29 is 13.9 Å². The molecule has 1 spiro atoms. The number of benzene rings is 2. The minimum Gasteiger partial charge on any atom is -0.445 e. The van der Waals surface area contributed by atoms with E-state index in [0.29, 0.717) is 12.5 Å². The van der Waals surface area contributed by atoms with Gasteiger partial charge in [0.2, 0.25) is 0 Å². The number of ether oxygens (including phenoxy) is 1. The fourth-order valence-electron chi connectivity index (χ4n) is 4.27. The predicted molar refractivity (Wildman–Crippen MR) is 98.2 cm³/mol. The molecule has 4 rings (SSSR count). The van der Waals surface area contributed by atoms with Crippen LogP contribution >= 0.6 is 0 Å². The van der Waals surface area contributed by atoms with Crippen LogP contribution in [0.15, 0.2) is 54.6 Å². The Bertz CT molecular complexity index is 751. The first-order valence-electron chi connectivity index (χ1n) is 9.37. The summed E-state index contributed by atoms with van der Waals surface area (Å²) in [6, 6.07) is 16.8. The molecule has 0 aromatic heterocycles. The predicted octanol–water partition coefficient (Wildman–Crippen LogP) is 5.17. The van der Waals surface area contributed by atoms with Crippen LogP contribution in [0.4, 0.5) is 9.18 Å². The zero-order valence-corrected chi connectivity index (χ0v) is 14.8. The highest BCUT2D eigenvalue weighted by molar-refractivity contribution is 5.68. The van der Waals surface area contributed by atoms with Crippen molar-refractivity contribution in [1.82, 2.24) is 5.32 Å². The van der Waals surface area contributed by atoms with Gasteiger partial charge in [-0.3, -0.25) is 0 Å². The second-order valence-corrected chi connectivity index (χ2v) is 7.65. The average Bonchev–Trinajstić information content (AvgIpc) is 3.33. The maximum atomic E-state index is 13.1. The normalized spacial score (nSPS) is 27.1. The van der Waals surface area contributed by atoms with Crippen molar-refractivity contribution in [2.75, 3.05) is 0 Å². The van der Waals surface area contributed by atoms with Crippen molar-refractivity contribution in [2.24, 2.45) is 5.41 Å². The second kappa shape index (κ2) is 7.10. The molecule has 1 unspecified atom stereocenters. The van der Waals surface area contributed by atoms with Crippen molar-refractivity contribution in [3.63, 3.8) is 0 Å². The van der Waals surface area contributed by atoms with Crippen LogP contribution in [-0.4, -0.2) is 12.1 Å². The maximum absolute atomic E-state index is 13.1. The van der Waals surface area contributed by atoms with Crippen LogP contribution in [0.2, 0.25) is 0 Å². The molecule has 2 saturated carbocycles. The Hall–Kier alpha value is -2.36. The zero-order valence-electron chi connectivity index (χ0n) is 14.8. The van der Waals surface area contributed by atoms with Crippen LogP contribution in [0, 0.1) is 11.2 Å². The van der Waals surface area contributed by atoms with Gasteiger partial charge in [0.05, 0.1) is 0 Å². The van der Waals surface area contributed by atoms with E-state index in [9.17, 15) is 9.18 Å². The number of hydrogen-bond donors (Lipinski definition) is 1. The lowest BCUT2D eigenvalue weighted by molar-refractivity contribution is 0.136. The molecule has 136 valence electrons. The Morgan fingerprint density at radius 1 is 1.08 bits per heavy atom. The first-order chi connectivity index (χ1) is 12.6. The van der Waals surface area contributed by atoms with Crippen molar-refractivity contribution >= 4 is 6.09 Å². The van der Waals surface area contributed by atoms with E-state index in [1.165, 1.54) is 5.56 Å². The average molecular weight is 353 g/mol. The summed E-state index contributed by atoms with van der Waals surface area (Å²) < 4.78 is 18.4. The molecule has 1 N–H and O–H groups in total. The van der Waals surface area contributed by atoms with Gasteiger partial charge in [-0.05, 0) is 66.7 Å². The molecule has 0 bridgehead atoms. The van der Waals surface area contributed by atoms with E-state index < -0.39 is 0 Å². The number of alkyl carbamates (subject to hydrolysis) is 1. The van der Waals surface area contributed by atoms with Crippen LogP contribution in [0.1, 0.15) is 49.1 Å². The first-order valence-corrected chi connectivity index (χ1v) is 9.37. The number of carbonyl (C=O) groups excluding carboxylic acids is 1. The van der Waals surface area contributed by atoms with Crippen LogP contribution in [0.3, 0.4) is 0 Å². The smallest absolute Gasteiger partial charge is 0.407 e. The van der Waals surface area contributed by atoms with Crippen LogP contribution in [0.5, 0.6) is 0 Å². The van der Waals surface area contributed by atoms with E-state index >= 15 is 0 Å². The van der Waals surface area contributed by atoms with E-state index in [1.807, 2.05) is 42.5 Å². The number of carbonyl (C=O) groups is 1. The lowest BCUT2D eigenvalue weighted by atomic mass is 9.76. The number of hydrogen-bond acceptors (Lipinski definition) is 2. The molecule has 0 heterocycles. The summed E-state index contributed by atoms with van der Waals surface area (Å²) in [5.74, 6) is 0.328. The van der Waals surface area contributed by atoms with Gasteiger partial charge in [0.15, 0.2) is 0 Å². The molecule has 2 fully saturated rings. The standard InChI is InChI=1S/C22H24FNO2/c23-19-8-6-17(7-9-19)18-10-12-22(13-11-18)14-20(22)24-21(25)26-15-16-4-2-1-3-5-16/h1-9,18,20H,10-15H2,(H,24,25). The number of halogens is 1. The highest BCUT2D eigenvalue weighted by Gasteiger charge is 2.55. The third kappa shape index (κ3) is 3.74. The maximum Gasteiger partial charge on any atom is 0.407 e. The number of amides is 1. The first kappa shape index (κ1) is 17.1. The molecular formula is C22H24FNO2. The summed E-state index contributed by atoms with van der Waals surface area (Å²) in [4.78, 5) is 12.0. The highest BCUT2D eigenvalue weighted by atomic mass is 19.1. The minimum atomic E-state index is -0.323. The topological polar surface area (TPSA) is 38.3 Å². The van der Waals surface area contributed by atoms with Gasteiger partial charge in [0.1, 0.15) is 12.4 Å². The van der Waals surface area contributed by atoms with Gasteiger partial charge in [-0.15, -0.1) is 0 Å². The summed E-state index contributed by atoms with van der Waals surface area (Å²) in [7, 11) is 0. The van der Waals surface area contributed by atoms with E-state index in [2.05, 4.69) is 5.32 Å². The van der Waals surface area contributed by atoms with Crippen molar-refractivity contribution in [2.45, 2.75) is 50.7 Å². The summed E-state index contributed by atoms with van der Waals surface area (Å²) >= 11 is 0. The van der Waals surface area contributed by atoms with Gasteiger partial charge < -0.3 is 10.1 Å². The van der Waals surface area contributed by atoms with Gasteiger partial charge in [-0.25, -0.2) is 9.18 Å². The molecular weight excluding hydrogens is 329 g/mol. The quantitative estimate of drug-likeness (QED) is 0.824. The van der Waals surface area contributed by atoms with E-state index in [4.69, 9.17) is 4.74 Å². The largest absolute Gasteiger partial charge is 0.445 e. The van der Waals surface area contributed by atoms with Crippen molar-refractivity contribution in [3.8, 4) is 0 Å². The molecule has 2 aromatic rings. The molecule has 4 heteroatoms. The lowest BCUT2D eigenvalue weighted by Crippen LogP contribution is -2.31. The fourth-order valence-corrected chi connectivity index (χ4v) is 4.27. The van der Waals surface area contributed by atoms with E-state index in [-0.39, 0.29) is 23.4 Å². The Kier molecular flexibility index (Phi) is 4.66. The Balaban J connectivity index is 1.23. The number of rotatable bonds is 4. The zero-order chi connectivity index (χ0) is 18.0. The van der Waals surface area contributed by atoms with Gasteiger partial charge in [0.25, 0.3) is 0 Å². The molecule has 2 aromatic carbocycles. The molecule has 0 saturated heterocycles. The molecule has 0 aliphatic heterocycles. The monoisotopic (exact) mass is 353 g/mol. The summed E-state index contributed by atoms with van der Waals surface area (Å²) in [6.07, 6.45) is 5.14. The fraction of sp³-hybridized carbons (Fsp3) is 0.409. The third-order valence-electron chi connectivity index (χ3n) is 6.02. The minimum absolute atomic E-state index is 0.179. The highest BCUT2D eigenvalue weighted by Crippen LogP contribution is 2.58. The number of nitrogens with one attached hydrogen (secondary N) is 1. The molecule has 3 nitrogen and oxygen atoms in total. The van der Waals surface area contributed by atoms with Gasteiger partial charge in [-0.2, -0.15) is 0 Å². The van der Waals surface area contributed by atoms with Gasteiger partial charge in [-0.1, -0.05) is 42.5 Å². The summed E-state index contributed by atoms with van der Waals surface area (Å²) in [6.45, 7) is 0.305. The summed E-state index contributed by atoms with van der Waals surface area (Å²) in [5, 5.41) is 3.04. The van der Waals surface area contributed by atoms with E-state index in [0.717, 1.165) is 37.7 Å². The van der Waals surface area contributed by atoms with Crippen molar-refractivity contribution in [3.05, 3.63) is 71.5 Å². The molecule has 2 aliphatic rings. The van der Waals surface area contributed by atoms with Gasteiger partial charge in [0, 0.05) is 6.04 Å². The van der Waals surface area contributed by atoms with Gasteiger partial charge >= 0.3 is 6.09 Å². The lowest BCUT2D eigenvalue weighted by Gasteiger charge is -2.29. The van der Waals surface area contributed by atoms with Crippen LogP contribution in [-0.2, 0) is 11.3 Å². The van der Waals surface area contributed by atoms with Crippen LogP contribution < -0.4 is 5.32 Å². The van der Waals surface area contributed by atoms with Crippen LogP contribution in [0.25, 0.3) is 0 Å².